The van der Waals surface area contributed by atoms with Gasteiger partial charge in [-0.1, -0.05) is 19.2 Å². The van der Waals surface area contributed by atoms with E-state index < -0.39 is 75.5 Å². The molecule has 0 saturated carbocycles. The highest BCUT2D eigenvalue weighted by atomic mass is 19.4. The second-order valence-electron chi connectivity index (χ2n) is 10.0. The highest BCUT2D eigenvalue weighted by Crippen LogP contribution is 2.42. The lowest BCUT2D eigenvalue weighted by Crippen LogP contribution is -2.28. The molecule has 3 atom stereocenters. The molecule has 3 aromatic carbocycles. The Morgan fingerprint density at radius 1 is 0.829 bits per heavy atom. The Bertz CT molecular complexity index is 1380. The number of benzene rings is 3. The molecule has 3 unspecified atom stereocenters. The molecule has 0 aliphatic carbocycles. The lowest BCUT2D eigenvalue weighted by atomic mass is 9.69. The summed E-state index contributed by atoms with van der Waals surface area (Å²) < 4.78 is 151. The van der Waals surface area contributed by atoms with Gasteiger partial charge < -0.3 is 9.47 Å². The molecule has 1 fully saturated rings. The van der Waals surface area contributed by atoms with E-state index >= 15 is 0 Å². The van der Waals surface area contributed by atoms with E-state index in [2.05, 4.69) is 4.74 Å². The normalized spacial score (nSPS) is 19.8. The van der Waals surface area contributed by atoms with Gasteiger partial charge in [0.15, 0.2) is 0 Å². The largest absolute Gasteiger partial charge is 0.432 e. The van der Waals surface area contributed by atoms with E-state index in [0.29, 0.717) is 31.2 Å². The van der Waals surface area contributed by atoms with E-state index in [4.69, 9.17) is 4.74 Å². The average Bonchev–Trinajstić information content (AvgIpc) is 2.83. The minimum atomic E-state index is -5.35. The lowest BCUT2D eigenvalue weighted by Gasteiger charge is -2.35. The van der Waals surface area contributed by atoms with Crippen LogP contribution in [0, 0.1) is 35.0 Å². The van der Waals surface area contributed by atoms with Crippen LogP contribution >= 0.6 is 0 Å². The highest BCUT2D eigenvalue weighted by Gasteiger charge is 2.42. The van der Waals surface area contributed by atoms with Crippen molar-refractivity contribution in [3.63, 3.8) is 0 Å². The van der Waals surface area contributed by atoms with Crippen LogP contribution in [0.3, 0.4) is 0 Å². The predicted molar refractivity (Wildman–Crippen MR) is 132 cm³/mol. The number of alkyl halides is 5. The van der Waals surface area contributed by atoms with Gasteiger partial charge in [-0.05, 0) is 66.3 Å². The van der Waals surface area contributed by atoms with Gasteiger partial charge in [0.1, 0.15) is 53.8 Å². The molecule has 0 N–H and O–H groups in total. The summed E-state index contributed by atoms with van der Waals surface area (Å²) in [6.45, 7) is 2.38. The third-order valence-electron chi connectivity index (χ3n) is 7.11. The maximum atomic E-state index is 14.9. The average molecular weight is 592 g/mol. The van der Waals surface area contributed by atoms with Crippen molar-refractivity contribution in [1.82, 2.24) is 0 Å². The van der Waals surface area contributed by atoms with E-state index in [1.54, 1.807) is 0 Å². The maximum Gasteiger partial charge on any atom is 0.432 e. The van der Waals surface area contributed by atoms with E-state index in [1.807, 2.05) is 14.8 Å². The number of hydrogen-bond donors (Lipinski definition) is 0. The summed E-state index contributed by atoms with van der Waals surface area (Å²) in [6, 6.07) is 3.67. The first-order chi connectivity index (χ1) is 19.1. The van der Waals surface area contributed by atoms with Crippen LogP contribution in [0.4, 0.5) is 43.9 Å². The summed E-state index contributed by atoms with van der Waals surface area (Å²) in [5.74, 6) is -9.14. The molecule has 2 nitrogen and oxygen atoms in total. The van der Waals surface area contributed by atoms with Crippen LogP contribution in [0.2, 0.25) is 5.82 Å². The van der Waals surface area contributed by atoms with Gasteiger partial charge in [0.25, 0.3) is 0 Å². The molecule has 0 bridgehead atoms. The van der Waals surface area contributed by atoms with Gasteiger partial charge in [-0.3, -0.25) is 0 Å². The minimum Gasteiger partial charge on any atom is -0.429 e. The quantitative estimate of drug-likeness (QED) is 0.203. The molecule has 0 spiro atoms. The van der Waals surface area contributed by atoms with Crippen LogP contribution < -0.4 is 4.74 Å². The van der Waals surface area contributed by atoms with Gasteiger partial charge >= 0.3 is 12.3 Å². The van der Waals surface area contributed by atoms with Gasteiger partial charge in [-0.25, -0.2) is 22.0 Å². The van der Waals surface area contributed by atoms with Crippen molar-refractivity contribution < 1.29 is 53.4 Å². The molecular weight excluding hydrogens is 569 g/mol. The number of hydrogen-bond acceptors (Lipinski definition) is 2. The Labute approximate surface area is 229 Å². The summed E-state index contributed by atoms with van der Waals surface area (Å²) in [6.07, 6.45) is -8.38. The van der Waals surface area contributed by atoms with Crippen LogP contribution in [0.1, 0.15) is 49.0 Å². The first-order valence-electron chi connectivity index (χ1n) is 12.7. The van der Waals surface area contributed by atoms with E-state index in [9.17, 15) is 43.9 Å². The van der Waals surface area contributed by atoms with Gasteiger partial charge in [0.2, 0.25) is 0 Å². The smallest absolute Gasteiger partial charge is 0.429 e. The molecule has 220 valence electrons. The second kappa shape index (κ2) is 11.6. The molecule has 0 radical (unpaired) electrons. The SMILES string of the molecule is BC1CC(c2cc(F)c(C(F)(F)Oc3ccc(-c4cc(F)c(C(F)(F)F)c(F)c4)c(F)c3)c(F)c2)OCC1CCC. The second-order valence-corrected chi connectivity index (χ2v) is 10.0. The molecule has 0 amide bonds. The number of halogens is 10. The van der Waals surface area contributed by atoms with Crippen molar-refractivity contribution in [3.05, 3.63) is 88.2 Å². The predicted octanol–water partition coefficient (Wildman–Crippen LogP) is 8.50. The van der Waals surface area contributed by atoms with Gasteiger partial charge in [-0.15, -0.1) is 0 Å². The molecule has 13 heteroatoms. The van der Waals surface area contributed by atoms with Crippen LogP contribution in [0.25, 0.3) is 11.1 Å². The molecule has 1 saturated heterocycles. The topological polar surface area (TPSA) is 18.5 Å². The third kappa shape index (κ3) is 6.49. The van der Waals surface area contributed by atoms with Crippen molar-refractivity contribution in [1.29, 1.82) is 0 Å². The Morgan fingerprint density at radius 2 is 1.41 bits per heavy atom. The Kier molecular flexibility index (Phi) is 8.68. The molecule has 3 aromatic rings. The van der Waals surface area contributed by atoms with Crippen molar-refractivity contribution in [3.8, 4) is 16.9 Å². The van der Waals surface area contributed by atoms with E-state index in [1.165, 1.54) is 0 Å². The lowest BCUT2D eigenvalue weighted by molar-refractivity contribution is -0.189. The summed E-state index contributed by atoms with van der Waals surface area (Å²) in [4.78, 5) is 0. The fourth-order valence-corrected chi connectivity index (χ4v) is 5.02. The van der Waals surface area contributed by atoms with Crippen molar-refractivity contribution in [2.45, 2.75) is 50.4 Å². The minimum absolute atomic E-state index is 0.0350. The van der Waals surface area contributed by atoms with Gasteiger partial charge in [0, 0.05) is 18.2 Å². The zero-order valence-electron chi connectivity index (χ0n) is 21.7. The first-order valence-corrected chi connectivity index (χ1v) is 12.7. The fraction of sp³-hybridized carbons (Fsp3) is 0.357. The van der Waals surface area contributed by atoms with Crippen LogP contribution in [-0.4, -0.2) is 14.5 Å². The molecule has 1 aliphatic heterocycles. The van der Waals surface area contributed by atoms with Gasteiger partial charge in [0.05, 0.1) is 6.10 Å². The van der Waals surface area contributed by atoms with Gasteiger partial charge in [-0.2, -0.15) is 22.0 Å². The molecule has 4 rings (SSSR count). The Hall–Kier alpha value is -3.22. The number of rotatable bonds is 7. The van der Waals surface area contributed by atoms with Crippen LogP contribution in [0.5, 0.6) is 5.75 Å². The molecule has 41 heavy (non-hydrogen) atoms. The molecular formula is C28H23BF10O2. The monoisotopic (exact) mass is 592 g/mol. The van der Waals surface area contributed by atoms with Crippen molar-refractivity contribution in [2.75, 3.05) is 6.61 Å². The number of ether oxygens (including phenoxy) is 2. The Morgan fingerprint density at radius 3 is 1.93 bits per heavy atom. The summed E-state index contributed by atoms with van der Waals surface area (Å²) in [7, 11) is 1.98. The fourth-order valence-electron chi connectivity index (χ4n) is 5.02. The first kappa shape index (κ1) is 30.7. The zero-order chi connectivity index (χ0) is 30.3. The Balaban J connectivity index is 1.56. The highest BCUT2D eigenvalue weighted by molar-refractivity contribution is 6.11. The van der Waals surface area contributed by atoms with Crippen LogP contribution in [0.15, 0.2) is 42.5 Å². The van der Waals surface area contributed by atoms with Crippen molar-refractivity contribution in [2.24, 2.45) is 5.92 Å². The molecule has 1 aliphatic rings. The van der Waals surface area contributed by atoms with Crippen molar-refractivity contribution >= 4 is 7.85 Å². The van der Waals surface area contributed by atoms with E-state index in [-0.39, 0.29) is 29.4 Å². The molecule has 1 heterocycles. The summed E-state index contributed by atoms with van der Waals surface area (Å²) in [5.41, 5.74) is -5.17. The zero-order valence-corrected chi connectivity index (χ0v) is 21.7. The maximum absolute atomic E-state index is 14.9. The molecule has 0 aromatic heterocycles. The summed E-state index contributed by atoms with van der Waals surface area (Å²) >= 11 is 0. The summed E-state index contributed by atoms with van der Waals surface area (Å²) in [5, 5.41) is 0. The van der Waals surface area contributed by atoms with E-state index in [0.717, 1.165) is 25.0 Å². The third-order valence-corrected chi connectivity index (χ3v) is 7.11. The van der Waals surface area contributed by atoms with Crippen LogP contribution in [-0.2, 0) is 17.0 Å². The standard InChI is InChI=1S/C28H23BF10O2/c1-2-3-13-12-40-24(11-18(13)29)15-8-22(33)26(23(34)9-15)28(38,39)41-16-4-5-17(19(30)10-16)14-6-20(31)25(21(32)7-14)27(35,36)37/h4-10,13,18,24H,2-3,11-12,29H2,1H3.